The molecule has 1 aliphatic carbocycles. The third kappa shape index (κ3) is 3.78. The Morgan fingerprint density at radius 3 is 2.55 bits per heavy atom. The number of rotatable bonds is 6. The average molecular weight is 419 g/mol. The van der Waals surface area contributed by atoms with Gasteiger partial charge in [0, 0.05) is 10.9 Å². The summed E-state index contributed by atoms with van der Waals surface area (Å²) in [5, 5.41) is 31.9. The molecule has 0 bridgehead atoms. The highest BCUT2D eigenvalue weighted by molar-refractivity contribution is 6.31. The lowest BCUT2D eigenvalue weighted by molar-refractivity contribution is -0.201. The van der Waals surface area contributed by atoms with Gasteiger partial charge in [-0.3, -0.25) is 0 Å². The zero-order valence-corrected chi connectivity index (χ0v) is 17.3. The summed E-state index contributed by atoms with van der Waals surface area (Å²) in [7, 11) is 0. The van der Waals surface area contributed by atoms with Crippen molar-refractivity contribution in [3.8, 4) is 5.75 Å². The van der Waals surface area contributed by atoms with Crippen LogP contribution in [-0.2, 0) is 11.2 Å². The summed E-state index contributed by atoms with van der Waals surface area (Å²) in [6.07, 6.45) is -2.23. The van der Waals surface area contributed by atoms with Gasteiger partial charge in [0.1, 0.15) is 23.6 Å². The van der Waals surface area contributed by atoms with E-state index in [-0.39, 0.29) is 5.92 Å². The second kappa shape index (κ2) is 7.89. The molecule has 6 unspecified atom stereocenters. The number of aliphatic hydroxyl groups is 3. The highest BCUT2D eigenvalue weighted by Gasteiger charge is 2.68. The van der Waals surface area contributed by atoms with Crippen LogP contribution in [0.25, 0.3) is 0 Å². The van der Waals surface area contributed by atoms with Crippen LogP contribution in [0.4, 0.5) is 0 Å². The number of aliphatic hydroxyl groups excluding tert-OH is 3. The van der Waals surface area contributed by atoms with Crippen molar-refractivity contribution in [3.05, 3.63) is 64.2 Å². The van der Waals surface area contributed by atoms with Crippen LogP contribution in [0, 0.1) is 5.92 Å². The lowest BCUT2D eigenvalue weighted by atomic mass is 9.90. The molecule has 1 saturated heterocycles. The van der Waals surface area contributed by atoms with Crippen LogP contribution in [0.5, 0.6) is 5.75 Å². The first-order valence-electron chi connectivity index (χ1n) is 10.1. The van der Waals surface area contributed by atoms with Crippen molar-refractivity contribution >= 4 is 11.6 Å². The molecule has 0 radical (unpaired) electrons. The quantitative estimate of drug-likeness (QED) is 0.671. The summed E-state index contributed by atoms with van der Waals surface area (Å²) < 4.78 is 11.6. The largest absolute Gasteiger partial charge is 0.494 e. The van der Waals surface area contributed by atoms with Crippen molar-refractivity contribution in [2.45, 2.75) is 56.7 Å². The molecular formula is C23H27ClO5. The molecular weight excluding hydrogens is 392 g/mol. The van der Waals surface area contributed by atoms with E-state index in [2.05, 4.69) is 0 Å². The maximum Gasteiger partial charge on any atom is 0.119 e. The number of benzene rings is 2. The van der Waals surface area contributed by atoms with Gasteiger partial charge in [-0.2, -0.15) is 0 Å². The first kappa shape index (κ1) is 20.6. The Balaban J connectivity index is 1.58. The highest BCUT2D eigenvalue weighted by Crippen LogP contribution is 2.59. The zero-order valence-electron chi connectivity index (χ0n) is 16.6. The monoisotopic (exact) mass is 418 g/mol. The second-order valence-electron chi connectivity index (χ2n) is 8.07. The summed E-state index contributed by atoms with van der Waals surface area (Å²) in [6, 6.07) is 13.4. The molecule has 4 rings (SSSR count). The lowest BCUT2D eigenvalue weighted by Gasteiger charge is -2.38. The van der Waals surface area contributed by atoms with E-state index < -0.39 is 30.0 Å². The van der Waals surface area contributed by atoms with Crippen LogP contribution in [0.15, 0.2) is 42.5 Å². The molecule has 5 nitrogen and oxygen atoms in total. The molecule has 3 N–H and O–H groups in total. The first-order chi connectivity index (χ1) is 13.9. The molecule has 156 valence electrons. The molecule has 1 aliphatic heterocycles. The van der Waals surface area contributed by atoms with Crippen molar-refractivity contribution < 1.29 is 24.8 Å². The predicted octanol–water partition coefficient (Wildman–Crippen LogP) is 3.26. The van der Waals surface area contributed by atoms with Gasteiger partial charge in [-0.05, 0) is 61.6 Å². The van der Waals surface area contributed by atoms with E-state index in [0.717, 1.165) is 22.4 Å². The van der Waals surface area contributed by atoms with Gasteiger partial charge >= 0.3 is 0 Å². The smallest absolute Gasteiger partial charge is 0.119 e. The summed E-state index contributed by atoms with van der Waals surface area (Å²) in [4.78, 5) is 0. The molecule has 2 aromatic rings. The Morgan fingerprint density at radius 1 is 1.17 bits per heavy atom. The number of hydrogen-bond acceptors (Lipinski definition) is 5. The maximum atomic E-state index is 10.6. The van der Waals surface area contributed by atoms with E-state index in [1.165, 1.54) is 0 Å². The number of halogens is 1. The molecule has 2 fully saturated rings. The average Bonchev–Trinajstić information content (AvgIpc) is 3.45. The third-order valence-electron chi connectivity index (χ3n) is 6.16. The third-order valence-corrected chi connectivity index (χ3v) is 6.53. The van der Waals surface area contributed by atoms with Crippen LogP contribution in [0.1, 0.15) is 43.1 Å². The number of fused-ring (bicyclic) bond motifs is 1. The molecule has 1 heterocycles. The Bertz CT molecular complexity index is 868. The summed E-state index contributed by atoms with van der Waals surface area (Å²) in [5.41, 5.74) is 1.95. The number of hydrogen-bond donors (Lipinski definition) is 3. The Hall–Kier alpha value is -1.63. The fourth-order valence-electron chi connectivity index (χ4n) is 4.39. The zero-order chi connectivity index (χ0) is 20.8. The normalized spacial score (nSPS) is 31.8. The van der Waals surface area contributed by atoms with Crippen LogP contribution in [-0.4, -0.2) is 45.8 Å². The highest BCUT2D eigenvalue weighted by atomic mass is 35.5. The minimum Gasteiger partial charge on any atom is -0.494 e. The molecule has 29 heavy (non-hydrogen) atoms. The molecule has 0 aromatic heterocycles. The van der Waals surface area contributed by atoms with Crippen molar-refractivity contribution in [2.24, 2.45) is 5.92 Å². The lowest BCUT2D eigenvalue weighted by Crippen LogP contribution is -2.48. The van der Waals surface area contributed by atoms with Crippen LogP contribution < -0.4 is 4.74 Å². The topological polar surface area (TPSA) is 79.2 Å². The van der Waals surface area contributed by atoms with Crippen LogP contribution in [0.2, 0.25) is 5.02 Å². The number of ether oxygens (including phenoxy) is 2. The predicted molar refractivity (Wildman–Crippen MR) is 110 cm³/mol. The minimum atomic E-state index is -1.05. The fraction of sp³-hybridized carbons (Fsp3) is 0.478. The van der Waals surface area contributed by atoms with E-state index in [0.29, 0.717) is 24.5 Å². The standard InChI is InChI=1S/C23H27ClO5/c1-3-28-17-7-4-14(5-8-17)10-16-11-15(6-9-19(16)24)22-21(27)20(26)18-12-23(18,29-22)13(2)25/h4-9,11,13,18,20-22,25-27H,3,10,12H2,1-2H3. The molecule has 2 aromatic carbocycles. The van der Waals surface area contributed by atoms with Crippen LogP contribution >= 0.6 is 11.6 Å². The summed E-state index contributed by atoms with van der Waals surface area (Å²) in [6.45, 7) is 4.24. The SMILES string of the molecule is CCOc1ccc(Cc2cc(C3OC4(C(C)O)CC4C(O)C3O)ccc2Cl)cc1. The van der Waals surface area contributed by atoms with Gasteiger partial charge in [0.25, 0.3) is 0 Å². The molecule has 0 amide bonds. The van der Waals surface area contributed by atoms with Gasteiger partial charge in [0.15, 0.2) is 0 Å². The van der Waals surface area contributed by atoms with Crippen molar-refractivity contribution in [2.75, 3.05) is 6.61 Å². The van der Waals surface area contributed by atoms with Gasteiger partial charge in [0.05, 0.1) is 18.8 Å². The molecule has 6 heteroatoms. The van der Waals surface area contributed by atoms with Gasteiger partial charge in [-0.15, -0.1) is 0 Å². The van der Waals surface area contributed by atoms with E-state index in [1.807, 2.05) is 43.3 Å². The van der Waals surface area contributed by atoms with Gasteiger partial charge < -0.3 is 24.8 Å². The van der Waals surface area contributed by atoms with Crippen molar-refractivity contribution in [3.63, 3.8) is 0 Å². The van der Waals surface area contributed by atoms with Gasteiger partial charge in [-0.25, -0.2) is 0 Å². The van der Waals surface area contributed by atoms with Crippen LogP contribution in [0.3, 0.4) is 0 Å². The van der Waals surface area contributed by atoms with E-state index in [4.69, 9.17) is 21.1 Å². The van der Waals surface area contributed by atoms with Gasteiger partial charge in [0.2, 0.25) is 0 Å². The Morgan fingerprint density at radius 2 is 1.90 bits per heavy atom. The molecule has 0 spiro atoms. The summed E-state index contributed by atoms with van der Waals surface area (Å²) in [5.74, 6) is 0.593. The van der Waals surface area contributed by atoms with Crippen molar-refractivity contribution in [1.82, 2.24) is 0 Å². The minimum absolute atomic E-state index is 0.232. The Kier molecular flexibility index (Phi) is 5.62. The molecule has 1 saturated carbocycles. The second-order valence-corrected chi connectivity index (χ2v) is 8.47. The summed E-state index contributed by atoms with van der Waals surface area (Å²) >= 11 is 6.43. The van der Waals surface area contributed by atoms with E-state index in [1.54, 1.807) is 13.0 Å². The van der Waals surface area contributed by atoms with Gasteiger partial charge in [-0.1, -0.05) is 35.9 Å². The van der Waals surface area contributed by atoms with E-state index >= 15 is 0 Å². The fourth-order valence-corrected chi connectivity index (χ4v) is 4.58. The Labute approximate surface area is 175 Å². The maximum absolute atomic E-state index is 10.6. The van der Waals surface area contributed by atoms with E-state index in [9.17, 15) is 15.3 Å². The first-order valence-corrected chi connectivity index (χ1v) is 10.5. The molecule has 6 atom stereocenters. The molecule has 2 aliphatic rings. The van der Waals surface area contributed by atoms with Crippen molar-refractivity contribution in [1.29, 1.82) is 0 Å².